The van der Waals surface area contributed by atoms with Crippen LogP contribution >= 0.6 is 0 Å². The van der Waals surface area contributed by atoms with Crippen LogP contribution in [-0.4, -0.2) is 42.9 Å². The molecule has 1 aliphatic rings. The predicted octanol–water partition coefficient (Wildman–Crippen LogP) is 2.50. The Morgan fingerprint density at radius 3 is 2.48 bits per heavy atom. The van der Waals surface area contributed by atoms with Crippen LogP contribution < -0.4 is 10.6 Å². The van der Waals surface area contributed by atoms with E-state index in [0.29, 0.717) is 5.69 Å². The molecule has 0 saturated carbocycles. The summed E-state index contributed by atoms with van der Waals surface area (Å²) < 4.78 is 0. The monoisotopic (exact) mass is 337 g/mol. The van der Waals surface area contributed by atoms with E-state index >= 15 is 0 Å². The number of hydrogen-bond donors (Lipinski definition) is 2. The molecular weight excluding hydrogens is 314 g/mol. The van der Waals surface area contributed by atoms with Gasteiger partial charge in [-0.2, -0.15) is 0 Å². The molecule has 25 heavy (non-hydrogen) atoms. The van der Waals surface area contributed by atoms with Crippen molar-refractivity contribution in [2.75, 3.05) is 25.5 Å². The topological polar surface area (TPSA) is 61.4 Å². The molecule has 0 aromatic heterocycles. The highest BCUT2D eigenvalue weighted by Crippen LogP contribution is 2.27. The van der Waals surface area contributed by atoms with E-state index in [-0.39, 0.29) is 6.04 Å². The number of likely N-dealkylation sites (N-methyl/N-ethyl adjacent to an activating group) is 1. The molecule has 1 fully saturated rings. The molecule has 1 aliphatic heterocycles. The predicted molar refractivity (Wildman–Crippen MR) is 99.2 cm³/mol. The van der Waals surface area contributed by atoms with Gasteiger partial charge in [-0.25, -0.2) is 0 Å². The van der Waals surface area contributed by atoms with Crippen LogP contribution in [0, 0.1) is 0 Å². The van der Waals surface area contributed by atoms with Gasteiger partial charge in [0.25, 0.3) is 0 Å². The van der Waals surface area contributed by atoms with Gasteiger partial charge in [0.1, 0.15) is 0 Å². The van der Waals surface area contributed by atoms with Crippen LogP contribution in [-0.2, 0) is 9.59 Å². The van der Waals surface area contributed by atoms with E-state index in [1.807, 2.05) is 61.6 Å². The lowest BCUT2D eigenvalue weighted by Gasteiger charge is -2.29. The average Bonchev–Trinajstić information content (AvgIpc) is 2.63. The first kappa shape index (κ1) is 17.2. The van der Waals surface area contributed by atoms with Crippen molar-refractivity contribution in [2.24, 2.45) is 0 Å². The van der Waals surface area contributed by atoms with Gasteiger partial charge in [-0.05, 0) is 38.1 Å². The summed E-state index contributed by atoms with van der Waals surface area (Å²) in [7, 11) is 2.02. The molecule has 2 amide bonds. The fourth-order valence-corrected chi connectivity index (χ4v) is 3.18. The lowest BCUT2D eigenvalue weighted by Crippen LogP contribution is -2.49. The number of benzene rings is 2. The maximum absolute atomic E-state index is 12.3. The van der Waals surface area contributed by atoms with Gasteiger partial charge in [-0.15, -0.1) is 0 Å². The average molecular weight is 337 g/mol. The van der Waals surface area contributed by atoms with Crippen LogP contribution in [0.15, 0.2) is 54.6 Å². The zero-order valence-electron chi connectivity index (χ0n) is 14.4. The molecule has 5 nitrogen and oxygen atoms in total. The van der Waals surface area contributed by atoms with E-state index < -0.39 is 11.8 Å². The smallest absolute Gasteiger partial charge is 0.313 e. The molecule has 130 valence electrons. The molecule has 0 spiro atoms. The van der Waals surface area contributed by atoms with Crippen molar-refractivity contribution >= 4 is 17.5 Å². The van der Waals surface area contributed by atoms with E-state index in [1.54, 1.807) is 0 Å². The molecule has 0 aliphatic carbocycles. The molecule has 0 radical (unpaired) electrons. The van der Waals surface area contributed by atoms with E-state index in [9.17, 15) is 9.59 Å². The summed E-state index contributed by atoms with van der Waals surface area (Å²) in [4.78, 5) is 26.7. The third-order valence-electron chi connectivity index (χ3n) is 4.43. The summed E-state index contributed by atoms with van der Waals surface area (Å²) in [6.45, 7) is 1.81. The Kier molecular flexibility index (Phi) is 5.46. The standard InChI is InChI=1S/C20H23N3O2/c1-23-13-7-10-16(14-23)21-19(24)20(25)22-18-12-6-5-11-17(18)15-8-3-2-4-9-15/h2-6,8-9,11-12,16H,7,10,13-14H2,1H3,(H,21,24)(H,22,25). The number of amides is 2. The zero-order chi connectivity index (χ0) is 17.6. The number of carbonyl (C=O) groups is 2. The van der Waals surface area contributed by atoms with Crippen molar-refractivity contribution < 1.29 is 9.59 Å². The minimum absolute atomic E-state index is 0.0290. The second-order valence-corrected chi connectivity index (χ2v) is 6.44. The molecule has 1 saturated heterocycles. The van der Waals surface area contributed by atoms with Gasteiger partial charge in [0, 0.05) is 23.8 Å². The molecule has 2 aromatic rings. The normalized spacial score (nSPS) is 17.7. The molecule has 1 heterocycles. The van der Waals surface area contributed by atoms with Crippen LogP contribution in [0.2, 0.25) is 0 Å². The SMILES string of the molecule is CN1CCCC(NC(=O)C(=O)Nc2ccccc2-c2ccccc2)C1. The molecule has 0 bridgehead atoms. The van der Waals surface area contributed by atoms with E-state index in [1.165, 1.54) is 0 Å². The van der Waals surface area contributed by atoms with Crippen molar-refractivity contribution in [1.82, 2.24) is 10.2 Å². The lowest BCUT2D eigenvalue weighted by molar-refractivity contribution is -0.136. The van der Waals surface area contributed by atoms with Crippen LogP contribution in [0.5, 0.6) is 0 Å². The fourth-order valence-electron chi connectivity index (χ4n) is 3.18. The first-order chi connectivity index (χ1) is 12.1. The Morgan fingerprint density at radius 2 is 1.72 bits per heavy atom. The van der Waals surface area contributed by atoms with E-state index in [0.717, 1.165) is 37.1 Å². The Balaban J connectivity index is 1.68. The van der Waals surface area contributed by atoms with Gasteiger partial charge in [0.15, 0.2) is 0 Å². The van der Waals surface area contributed by atoms with Crippen molar-refractivity contribution in [2.45, 2.75) is 18.9 Å². The number of anilines is 1. The summed E-state index contributed by atoms with van der Waals surface area (Å²) in [5, 5.41) is 5.58. The van der Waals surface area contributed by atoms with Crippen LogP contribution in [0.4, 0.5) is 5.69 Å². The van der Waals surface area contributed by atoms with Gasteiger partial charge in [0.2, 0.25) is 0 Å². The number of para-hydroxylation sites is 1. The number of hydrogen-bond acceptors (Lipinski definition) is 3. The summed E-state index contributed by atoms with van der Waals surface area (Å²) >= 11 is 0. The van der Waals surface area contributed by atoms with Gasteiger partial charge < -0.3 is 15.5 Å². The molecule has 3 rings (SSSR count). The zero-order valence-corrected chi connectivity index (χ0v) is 14.4. The molecule has 1 unspecified atom stereocenters. The molecule has 5 heteroatoms. The number of piperidine rings is 1. The molecular formula is C20H23N3O2. The highest BCUT2D eigenvalue weighted by Gasteiger charge is 2.23. The number of nitrogens with zero attached hydrogens (tertiary/aromatic N) is 1. The van der Waals surface area contributed by atoms with Crippen LogP contribution in [0.25, 0.3) is 11.1 Å². The molecule has 2 N–H and O–H groups in total. The van der Waals surface area contributed by atoms with E-state index in [4.69, 9.17) is 0 Å². The summed E-state index contributed by atoms with van der Waals surface area (Å²) in [6, 6.07) is 17.3. The highest BCUT2D eigenvalue weighted by atomic mass is 16.2. The lowest BCUT2D eigenvalue weighted by atomic mass is 10.0. The summed E-state index contributed by atoms with van der Waals surface area (Å²) in [5.41, 5.74) is 2.52. The third kappa shape index (κ3) is 4.45. The van der Waals surface area contributed by atoms with Gasteiger partial charge in [-0.1, -0.05) is 48.5 Å². The fraction of sp³-hybridized carbons (Fsp3) is 0.300. The maximum Gasteiger partial charge on any atom is 0.313 e. The van der Waals surface area contributed by atoms with Gasteiger partial charge >= 0.3 is 11.8 Å². The number of likely N-dealkylation sites (tertiary alicyclic amines) is 1. The van der Waals surface area contributed by atoms with Crippen molar-refractivity contribution in [3.63, 3.8) is 0 Å². The van der Waals surface area contributed by atoms with Crippen molar-refractivity contribution in [3.8, 4) is 11.1 Å². The quantitative estimate of drug-likeness (QED) is 0.846. The van der Waals surface area contributed by atoms with Gasteiger partial charge in [-0.3, -0.25) is 9.59 Å². The number of rotatable bonds is 3. The Labute approximate surface area is 148 Å². The minimum atomic E-state index is -0.628. The second kappa shape index (κ2) is 7.94. The van der Waals surface area contributed by atoms with Crippen LogP contribution in [0.1, 0.15) is 12.8 Å². The number of carbonyl (C=O) groups excluding carboxylic acids is 2. The molecule has 2 aromatic carbocycles. The first-order valence-electron chi connectivity index (χ1n) is 8.58. The largest absolute Gasteiger partial charge is 0.344 e. The Hall–Kier alpha value is -2.66. The third-order valence-corrected chi connectivity index (χ3v) is 4.43. The number of nitrogens with one attached hydrogen (secondary N) is 2. The Bertz CT molecular complexity index is 746. The first-order valence-corrected chi connectivity index (χ1v) is 8.58. The maximum atomic E-state index is 12.3. The Morgan fingerprint density at radius 1 is 1.00 bits per heavy atom. The minimum Gasteiger partial charge on any atom is -0.344 e. The van der Waals surface area contributed by atoms with E-state index in [2.05, 4.69) is 15.5 Å². The van der Waals surface area contributed by atoms with Crippen molar-refractivity contribution in [3.05, 3.63) is 54.6 Å². The van der Waals surface area contributed by atoms with Crippen LogP contribution in [0.3, 0.4) is 0 Å². The highest BCUT2D eigenvalue weighted by molar-refractivity contribution is 6.40. The van der Waals surface area contributed by atoms with Gasteiger partial charge in [0.05, 0.1) is 0 Å². The summed E-state index contributed by atoms with van der Waals surface area (Å²) in [5.74, 6) is -1.21. The summed E-state index contributed by atoms with van der Waals surface area (Å²) in [6.07, 6.45) is 1.93. The van der Waals surface area contributed by atoms with Crippen molar-refractivity contribution in [1.29, 1.82) is 0 Å². The molecule has 1 atom stereocenters. The second-order valence-electron chi connectivity index (χ2n) is 6.44.